The number of nitrogens with zero attached hydrogens (tertiary/aromatic N) is 1. The Morgan fingerprint density at radius 1 is 1.40 bits per heavy atom. The van der Waals surface area contributed by atoms with Gasteiger partial charge in [-0.25, -0.2) is 0 Å². The van der Waals surface area contributed by atoms with Crippen LogP contribution in [-0.4, -0.2) is 19.5 Å². The first-order chi connectivity index (χ1) is 9.70. The smallest absolute Gasteiger partial charge is 0.231 e. The number of carbonyl (C=O) groups excluding carboxylic acids is 1. The van der Waals surface area contributed by atoms with Crippen molar-refractivity contribution in [2.24, 2.45) is 0 Å². The molecule has 1 aliphatic heterocycles. The second-order valence-corrected chi connectivity index (χ2v) is 5.02. The van der Waals surface area contributed by atoms with Crippen LogP contribution in [0.4, 0.5) is 5.69 Å². The first kappa shape index (κ1) is 12.9. The number of fused-ring (bicyclic) bond motifs is 1. The second kappa shape index (κ2) is 5.13. The van der Waals surface area contributed by atoms with Gasteiger partial charge < -0.3 is 14.6 Å². The molecule has 2 aromatic rings. The van der Waals surface area contributed by atoms with Crippen LogP contribution in [0.3, 0.4) is 0 Å². The molecule has 0 fully saturated rings. The zero-order valence-corrected chi connectivity index (χ0v) is 11.7. The molecule has 20 heavy (non-hydrogen) atoms. The molecule has 4 heteroatoms. The molecule has 0 radical (unpaired) electrons. The number of hydrogen-bond acceptors (Lipinski definition) is 3. The van der Waals surface area contributed by atoms with Crippen molar-refractivity contribution in [3.05, 3.63) is 53.5 Å². The summed E-state index contributed by atoms with van der Waals surface area (Å²) >= 11 is 0. The lowest BCUT2D eigenvalue weighted by Crippen LogP contribution is -2.21. The molecule has 0 aliphatic carbocycles. The SMILES string of the molecule is CCNC(c1ccc2c(c1)CC(=O)N2C)c1ccco1. The van der Waals surface area contributed by atoms with Gasteiger partial charge in [0.25, 0.3) is 0 Å². The van der Waals surface area contributed by atoms with E-state index in [2.05, 4.69) is 24.4 Å². The Hall–Kier alpha value is -2.07. The summed E-state index contributed by atoms with van der Waals surface area (Å²) in [5.74, 6) is 1.04. The number of carbonyl (C=O) groups is 1. The van der Waals surface area contributed by atoms with Crippen molar-refractivity contribution in [3.8, 4) is 0 Å². The van der Waals surface area contributed by atoms with Crippen LogP contribution in [0, 0.1) is 0 Å². The van der Waals surface area contributed by atoms with Crippen molar-refractivity contribution in [2.75, 3.05) is 18.5 Å². The van der Waals surface area contributed by atoms with Crippen LogP contribution < -0.4 is 10.2 Å². The van der Waals surface area contributed by atoms with Crippen molar-refractivity contribution in [1.82, 2.24) is 5.32 Å². The third kappa shape index (κ3) is 2.12. The molecule has 0 spiro atoms. The fourth-order valence-electron chi connectivity index (χ4n) is 2.71. The molecule has 0 saturated heterocycles. The monoisotopic (exact) mass is 270 g/mol. The highest BCUT2D eigenvalue weighted by atomic mass is 16.3. The second-order valence-electron chi connectivity index (χ2n) is 5.02. The van der Waals surface area contributed by atoms with Gasteiger partial charge in [-0.05, 0) is 35.9 Å². The van der Waals surface area contributed by atoms with Gasteiger partial charge in [0.05, 0.1) is 18.7 Å². The molecule has 2 heterocycles. The lowest BCUT2D eigenvalue weighted by atomic mass is 10.0. The summed E-state index contributed by atoms with van der Waals surface area (Å²) < 4.78 is 5.52. The van der Waals surface area contributed by atoms with Crippen LogP contribution in [0.5, 0.6) is 0 Å². The Labute approximate surface area is 118 Å². The topological polar surface area (TPSA) is 45.5 Å². The van der Waals surface area contributed by atoms with E-state index < -0.39 is 0 Å². The van der Waals surface area contributed by atoms with E-state index in [1.165, 1.54) is 0 Å². The third-order valence-corrected chi connectivity index (χ3v) is 3.75. The van der Waals surface area contributed by atoms with Crippen molar-refractivity contribution in [3.63, 3.8) is 0 Å². The minimum Gasteiger partial charge on any atom is -0.467 e. The average Bonchev–Trinajstić information content (AvgIpc) is 3.06. The molecule has 0 bridgehead atoms. The van der Waals surface area contributed by atoms with Gasteiger partial charge in [-0.15, -0.1) is 0 Å². The van der Waals surface area contributed by atoms with E-state index in [9.17, 15) is 4.79 Å². The number of benzene rings is 1. The molecule has 3 rings (SSSR count). The Morgan fingerprint density at radius 3 is 2.95 bits per heavy atom. The van der Waals surface area contributed by atoms with Crippen molar-refractivity contribution >= 4 is 11.6 Å². The van der Waals surface area contributed by atoms with Crippen molar-refractivity contribution in [1.29, 1.82) is 0 Å². The highest BCUT2D eigenvalue weighted by Gasteiger charge is 2.25. The molecular formula is C16H18N2O2. The molecule has 1 aromatic heterocycles. The van der Waals surface area contributed by atoms with Gasteiger partial charge in [0.1, 0.15) is 5.76 Å². The van der Waals surface area contributed by atoms with Crippen LogP contribution >= 0.6 is 0 Å². The van der Waals surface area contributed by atoms with Crippen LogP contribution in [-0.2, 0) is 11.2 Å². The summed E-state index contributed by atoms with van der Waals surface area (Å²) in [6.45, 7) is 2.92. The van der Waals surface area contributed by atoms with Gasteiger partial charge in [-0.1, -0.05) is 19.1 Å². The van der Waals surface area contributed by atoms with E-state index in [4.69, 9.17) is 4.42 Å². The van der Waals surface area contributed by atoms with E-state index in [1.807, 2.05) is 25.2 Å². The molecule has 104 valence electrons. The fraction of sp³-hybridized carbons (Fsp3) is 0.312. The molecule has 0 saturated carbocycles. The lowest BCUT2D eigenvalue weighted by molar-refractivity contribution is -0.117. The number of furan rings is 1. The molecular weight excluding hydrogens is 252 g/mol. The van der Waals surface area contributed by atoms with Gasteiger partial charge in [-0.2, -0.15) is 0 Å². The molecule has 1 aliphatic rings. The van der Waals surface area contributed by atoms with Crippen LogP contribution in [0.2, 0.25) is 0 Å². The maximum Gasteiger partial charge on any atom is 0.231 e. The van der Waals surface area contributed by atoms with E-state index >= 15 is 0 Å². The first-order valence-corrected chi connectivity index (χ1v) is 6.87. The largest absolute Gasteiger partial charge is 0.467 e. The highest BCUT2D eigenvalue weighted by Crippen LogP contribution is 2.32. The Kier molecular flexibility index (Phi) is 3.32. The highest BCUT2D eigenvalue weighted by molar-refractivity contribution is 6.00. The van der Waals surface area contributed by atoms with Crippen molar-refractivity contribution < 1.29 is 9.21 Å². The summed E-state index contributed by atoms with van der Waals surface area (Å²) in [4.78, 5) is 13.5. The van der Waals surface area contributed by atoms with Gasteiger partial charge in [0.15, 0.2) is 0 Å². The standard InChI is InChI=1S/C16H18N2O2/c1-3-17-16(14-5-4-8-20-14)11-6-7-13-12(9-11)10-15(19)18(13)2/h4-9,16-17H,3,10H2,1-2H3. The van der Waals surface area contributed by atoms with Gasteiger partial charge in [-0.3, -0.25) is 4.79 Å². The number of hydrogen-bond donors (Lipinski definition) is 1. The number of rotatable bonds is 4. The van der Waals surface area contributed by atoms with Crippen LogP contribution in [0.1, 0.15) is 29.9 Å². The Bertz CT molecular complexity index is 619. The normalized spacial score (nSPS) is 15.5. The Morgan fingerprint density at radius 2 is 2.25 bits per heavy atom. The molecule has 1 atom stereocenters. The molecule has 4 nitrogen and oxygen atoms in total. The number of amides is 1. The van der Waals surface area contributed by atoms with Gasteiger partial charge >= 0.3 is 0 Å². The lowest BCUT2D eigenvalue weighted by Gasteiger charge is -2.17. The predicted molar refractivity (Wildman–Crippen MR) is 77.8 cm³/mol. The zero-order valence-electron chi connectivity index (χ0n) is 11.7. The molecule has 1 aromatic carbocycles. The first-order valence-electron chi connectivity index (χ1n) is 6.87. The summed E-state index contributed by atoms with van der Waals surface area (Å²) in [5, 5.41) is 3.42. The molecule has 1 unspecified atom stereocenters. The zero-order chi connectivity index (χ0) is 14.1. The van der Waals surface area contributed by atoms with Crippen LogP contribution in [0.15, 0.2) is 41.0 Å². The Balaban J connectivity index is 1.97. The summed E-state index contributed by atoms with van der Waals surface area (Å²) in [6.07, 6.45) is 2.17. The van der Waals surface area contributed by atoms with E-state index in [1.54, 1.807) is 11.2 Å². The number of likely N-dealkylation sites (N-methyl/N-ethyl adjacent to an activating group) is 1. The fourth-order valence-corrected chi connectivity index (χ4v) is 2.71. The summed E-state index contributed by atoms with van der Waals surface area (Å²) in [6, 6.07) is 10.1. The van der Waals surface area contributed by atoms with E-state index in [0.29, 0.717) is 6.42 Å². The van der Waals surface area contributed by atoms with E-state index in [-0.39, 0.29) is 11.9 Å². The summed E-state index contributed by atoms with van der Waals surface area (Å²) in [7, 11) is 1.82. The maximum atomic E-state index is 11.8. The molecule has 1 N–H and O–H groups in total. The van der Waals surface area contributed by atoms with Crippen LogP contribution in [0.25, 0.3) is 0 Å². The number of nitrogens with one attached hydrogen (secondary N) is 1. The minimum absolute atomic E-state index is 0.0290. The maximum absolute atomic E-state index is 11.8. The summed E-state index contributed by atoms with van der Waals surface area (Å²) in [5.41, 5.74) is 3.22. The number of anilines is 1. The van der Waals surface area contributed by atoms with E-state index in [0.717, 1.165) is 29.1 Å². The third-order valence-electron chi connectivity index (χ3n) is 3.75. The van der Waals surface area contributed by atoms with Crippen molar-refractivity contribution in [2.45, 2.75) is 19.4 Å². The quantitative estimate of drug-likeness (QED) is 0.928. The predicted octanol–water partition coefficient (Wildman–Crippen LogP) is 2.50. The minimum atomic E-state index is 0.0290. The van der Waals surface area contributed by atoms with Gasteiger partial charge in [0.2, 0.25) is 5.91 Å². The average molecular weight is 270 g/mol. The van der Waals surface area contributed by atoms with Gasteiger partial charge in [0, 0.05) is 12.7 Å². The molecule has 1 amide bonds.